The second-order valence-electron chi connectivity index (χ2n) is 4.17. The molecule has 6 heteroatoms. The number of aromatic nitrogens is 5. The van der Waals surface area contributed by atoms with Crippen LogP contribution in [0.25, 0.3) is 5.65 Å². The molecule has 18 heavy (non-hydrogen) atoms. The summed E-state index contributed by atoms with van der Waals surface area (Å²) in [5, 5.41) is 18.6. The van der Waals surface area contributed by atoms with Crippen LogP contribution in [-0.2, 0) is 0 Å². The molecule has 0 saturated carbocycles. The Labute approximate surface area is 104 Å². The van der Waals surface area contributed by atoms with E-state index in [1.165, 1.54) is 15.8 Å². The van der Waals surface area contributed by atoms with E-state index >= 15 is 0 Å². The maximum absolute atomic E-state index is 4.25. The van der Waals surface area contributed by atoms with Crippen LogP contribution in [-0.4, -0.2) is 25.3 Å². The van der Waals surface area contributed by atoms with Crippen LogP contribution in [0, 0.1) is 13.8 Å². The Balaban J connectivity index is 1.92. The minimum absolute atomic E-state index is 0.626. The van der Waals surface area contributed by atoms with Crippen molar-refractivity contribution in [3.05, 3.63) is 41.5 Å². The van der Waals surface area contributed by atoms with Crippen LogP contribution >= 0.6 is 0 Å². The van der Waals surface area contributed by atoms with E-state index in [2.05, 4.69) is 51.9 Å². The van der Waals surface area contributed by atoms with Crippen LogP contribution in [0.4, 0.5) is 11.5 Å². The smallest absolute Gasteiger partial charge is 0.200 e. The van der Waals surface area contributed by atoms with Crippen LogP contribution in [0.5, 0.6) is 0 Å². The van der Waals surface area contributed by atoms with Gasteiger partial charge in [-0.2, -0.15) is 0 Å². The van der Waals surface area contributed by atoms with Gasteiger partial charge in [0.05, 0.1) is 0 Å². The van der Waals surface area contributed by atoms with Crippen molar-refractivity contribution >= 4 is 17.2 Å². The van der Waals surface area contributed by atoms with Gasteiger partial charge in [-0.3, -0.25) is 0 Å². The highest BCUT2D eigenvalue weighted by Crippen LogP contribution is 2.18. The highest BCUT2D eigenvalue weighted by atomic mass is 15.6. The van der Waals surface area contributed by atoms with Crippen molar-refractivity contribution in [1.29, 1.82) is 0 Å². The molecule has 90 valence electrons. The average molecular weight is 240 g/mol. The summed E-state index contributed by atoms with van der Waals surface area (Å²) in [4.78, 5) is 0. The molecular formula is C12H12N6. The summed E-state index contributed by atoms with van der Waals surface area (Å²) in [5.41, 5.74) is 4.13. The van der Waals surface area contributed by atoms with Gasteiger partial charge in [-0.25, -0.2) is 0 Å². The quantitative estimate of drug-likeness (QED) is 0.740. The van der Waals surface area contributed by atoms with Gasteiger partial charge in [0.15, 0.2) is 11.5 Å². The van der Waals surface area contributed by atoms with Crippen LogP contribution in [0.1, 0.15) is 11.1 Å². The zero-order valence-electron chi connectivity index (χ0n) is 10.1. The molecule has 0 spiro atoms. The number of anilines is 2. The van der Waals surface area contributed by atoms with Gasteiger partial charge >= 0.3 is 0 Å². The van der Waals surface area contributed by atoms with Crippen molar-refractivity contribution in [2.45, 2.75) is 13.8 Å². The summed E-state index contributed by atoms with van der Waals surface area (Å²) in [7, 11) is 0. The third kappa shape index (κ3) is 1.88. The minimum Gasteiger partial charge on any atom is -0.339 e. The van der Waals surface area contributed by atoms with Gasteiger partial charge in [0.25, 0.3) is 0 Å². The molecule has 0 aliphatic heterocycles. The van der Waals surface area contributed by atoms with E-state index in [9.17, 15) is 0 Å². The molecule has 0 radical (unpaired) electrons. The lowest BCUT2D eigenvalue weighted by molar-refractivity contribution is 0.736. The molecule has 0 aliphatic carbocycles. The molecule has 0 atom stereocenters. The standard InChI is InChI=1S/C12H12N6/c1-8-3-4-10(7-9(8)2)13-11-5-6-12-14-16-17-18(12)15-11/h3-7H,1-2H3,(H,13,15). The number of tetrazole rings is 1. The van der Waals surface area contributed by atoms with Gasteiger partial charge in [-0.1, -0.05) is 6.07 Å². The summed E-state index contributed by atoms with van der Waals surface area (Å²) in [6.45, 7) is 4.17. The lowest BCUT2D eigenvalue weighted by Crippen LogP contribution is -2.00. The summed E-state index contributed by atoms with van der Waals surface area (Å²) >= 11 is 0. The first kappa shape index (κ1) is 10.6. The number of aryl methyl sites for hydroxylation is 2. The fraction of sp³-hybridized carbons (Fsp3) is 0.167. The summed E-state index contributed by atoms with van der Waals surface area (Å²) in [6, 6.07) is 9.85. The van der Waals surface area contributed by atoms with Crippen LogP contribution in [0.3, 0.4) is 0 Å². The van der Waals surface area contributed by atoms with Gasteiger partial charge < -0.3 is 5.32 Å². The Bertz CT molecular complexity index is 703. The maximum atomic E-state index is 4.25. The molecule has 1 N–H and O–H groups in total. The minimum atomic E-state index is 0.626. The third-order valence-electron chi connectivity index (χ3n) is 2.85. The van der Waals surface area contributed by atoms with Crippen molar-refractivity contribution in [3.8, 4) is 0 Å². The Morgan fingerprint density at radius 2 is 1.94 bits per heavy atom. The molecule has 0 aliphatic rings. The van der Waals surface area contributed by atoms with Gasteiger partial charge in [0, 0.05) is 5.69 Å². The number of fused-ring (bicyclic) bond motifs is 1. The molecule has 3 rings (SSSR count). The Morgan fingerprint density at radius 3 is 2.78 bits per heavy atom. The van der Waals surface area contributed by atoms with Gasteiger partial charge in [-0.05, 0) is 59.7 Å². The second-order valence-corrected chi connectivity index (χ2v) is 4.17. The fourth-order valence-corrected chi connectivity index (χ4v) is 1.68. The molecular weight excluding hydrogens is 228 g/mol. The lowest BCUT2D eigenvalue weighted by atomic mass is 10.1. The highest BCUT2D eigenvalue weighted by molar-refractivity contribution is 5.58. The average Bonchev–Trinajstić information content (AvgIpc) is 2.81. The molecule has 0 bridgehead atoms. The molecule has 2 aromatic heterocycles. The fourth-order valence-electron chi connectivity index (χ4n) is 1.68. The van der Waals surface area contributed by atoms with E-state index in [4.69, 9.17) is 0 Å². The van der Waals surface area contributed by atoms with Gasteiger partial charge in [0.2, 0.25) is 0 Å². The van der Waals surface area contributed by atoms with E-state index in [1.807, 2.05) is 18.2 Å². The number of nitrogens with one attached hydrogen (secondary N) is 1. The lowest BCUT2D eigenvalue weighted by Gasteiger charge is -2.07. The molecule has 0 saturated heterocycles. The molecule has 0 fully saturated rings. The number of hydrogen-bond donors (Lipinski definition) is 1. The van der Waals surface area contributed by atoms with Crippen LogP contribution < -0.4 is 5.32 Å². The van der Waals surface area contributed by atoms with Crippen LogP contribution in [0.15, 0.2) is 30.3 Å². The molecule has 0 unspecified atom stereocenters. The van der Waals surface area contributed by atoms with Crippen molar-refractivity contribution < 1.29 is 0 Å². The topological polar surface area (TPSA) is 68.0 Å². The zero-order chi connectivity index (χ0) is 12.5. The molecule has 2 heterocycles. The van der Waals surface area contributed by atoms with E-state index in [-0.39, 0.29) is 0 Å². The van der Waals surface area contributed by atoms with Crippen molar-refractivity contribution in [1.82, 2.24) is 25.3 Å². The maximum Gasteiger partial charge on any atom is 0.200 e. The second kappa shape index (κ2) is 4.06. The predicted molar refractivity (Wildman–Crippen MR) is 67.8 cm³/mol. The van der Waals surface area contributed by atoms with Gasteiger partial charge in [-0.15, -0.1) is 14.8 Å². The Hall–Kier alpha value is -2.50. The van der Waals surface area contributed by atoms with Crippen molar-refractivity contribution in [3.63, 3.8) is 0 Å². The monoisotopic (exact) mass is 240 g/mol. The molecule has 0 amide bonds. The van der Waals surface area contributed by atoms with E-state index in [0.717, 1.165) is 5.69 Å². The van der Waals surface area contributed by atoms with Crippen LogP contribution in [0.2, 0.25) is 0 Å². The Kier molecular flexibility index (Phi) is 2.40. The summed E-state index contributed by atoms with van der Waals surface area (Å²) < 4.78 is 1.39. The third-order valence-corrected chi connectivity index (χ3v) is 2.85. The number of hydrogen-bond acceptors (Lipinski definition) is 5. The number of rotatable bonds is 2. The van der Waals surface area contributed by atoms with E-state index < -0.39 is 0 Å². The predicted octanol–water partition coefficient (Wildman–Crippen LogP) is 1.88. The van der Waals surface area contributed by atoms with E-state index in [1.54, 1.807) is 0 Å². The molecule has 3 aromatic rings. The van der Waals surface area contributed by atoms with Gasteiger partial charge in [0.1, 0.15) is 0 Å². The SMILES string of the molecule is Cc1ccc(Nc2ccc3nnnn3n2)cc1C. The largest absolute Gasteiger partial charge is 0.339 e. The first-order chi connectivity index (χ1) is 8.72. The number of benzene rings is 1. The highest BCUT2D eigenvalue weighted by Gasteiger charge is 2.02. The zero-order valence-corrected chi connectivity index (χ0v) is 10.1. The normalized spacial score (nSPS) is 10.8. The first-order valence-corrected chi connectivity index (χ1v) is 5.62. The molecule has 1 aromatic carbocycles. The molecule has 6 nitrogen and oxygen atoms in total. The van der Waals surface area contributed by atoms with Crippen molar-refractivity contribution in [2.75, 3.05) is 5.32 Å². The first-order valence-electron chi connectivity index (χ1n) is 5.62. The van der Waals surface area contributed by atoms with Crippen molar-refractivity contribution in [2.24, 2.45) is 0 Å². The summed E-state index contributed by atoms with van der Waals surface area (Å²) in [5.74, 6) is 0.707. The number of nitrogens with zero attached hydrogens (tertiary/aromatic N) is 5. The summed E-state index contributed by atoms with van der Waals surface area (Å²) in [6.07, 6.45) is 0. The Morgan fingerprint density at radius 1 is 1.06 bits per heavy atom. The van der Waals surface area contributed by atoms with E-state index in [0.29, 0.717) is 11.5 Å².